The first-order valence-electron chi connectivity index (χ1n) is 6.10. The molecule has 0 saturated carbocycles. The zero-order valence-electron chi connectivity index (χ0n) is 10.7. The minimum absolute atomic E-state index is 0.0795. The van der Waals surface area contributed by atoms with E-state index in [4.69, 9.17) is 14.6 Å². The van der Waals surface area contributed by atoms with Gasteiger partial charge in [-0.05, 0) is 12.1 Å². The monoisotopic (exact) mass is 297 g/mol. The summed E-state index contributed by atoms with van der Waals surface area (Å²) in [6.45, 7) is 0.709. The minimum atomic E-state index is -0.927. The van der Waals surface area contributed by atoms with E-state index in [0.29, 0.717) is 24.7 Å². The molecule has 1 aliphatic rings. The Balaban J connectivity index is 1.70. The summed E-state index contributed by atoms with van der Waals surface area (Å²) in [7, 11) is 0. The van der Waals surface area contributed by atoms with Gasteiger partial charge in [0, 0.05) is 0 Å². The molecule has 0 aromatic heterocycles. The number of thioether (sulfide) groups is 1. The number of carboxylic acids is 1. The van der Waals surface area contributed by atoms with Gasteiger partial charge in [0.1, 0.15) is 12.7 Å². The van der Waals surface area contributed by atoms with Crippen LogP contribution in [0.25, 0.3) is 0 Å². The van der Waals surface area contributed by atoms with E-state index >= 15 is 0 Å². The van der Waals surface area contributed by atoms with Gasteiger partial charge in [0.05, 0.1) is 18.1 Å². The van der Waals surface area contributed by atoms with E-state index in [-0.39, 0.29) is 23.5 Å². The Morgan fingerprint density at radius 1 is 1.30 bits per heavy atom. The van der Waals surface area contributed by atoms with Crippen LogP contribution in [0.5, 0.6) is 11.5 Å². The van der Waals surface area contributed by atoms with Gasteiger partial charge in [-0.15, -0.1) is 11.8 Å². The zero-order valence-corrected chi connectivity index (χ0v) is 11.5. The Morgan fingerprint density at radius 2 is 2.05 bits per heavy atom. The van der Waals surface area contributed by atoms with Crippen LogP contribution in [0.3, 0.4) is 0 Å². The largest absolute Gasteiger partial charge is 0.486 e. The molecule has 7 heteroatoms. The van der Waals surface area contributed by atoms with Gasteiger partial charge >= 0.3 is 5.97 Å². The van der Waals surface area contributed by atoms with E-state index in [1.165, 1.54) is 0 Å². The second-order valence-corrected chi connectivity index (χ2v) is 5.17. The van der Waals surface area contributed by atoms with E-state index in [9.17, 15) is 9.59 Å². The topological polar surface area (TPSA) is 84.9 Å². The molecule has 1 amide bonds. The molecule has 1 atom stereocenters. The fourth-order valence-corrected chi connectivity index (χ4v) is 2.24. The third-order valence-electron chi connectivity index (χ3n) is 2.55. The summed E-state index contributed by atoms with van der Waals surface area (Å²) >= 11 is 1.06. The summed E-state index contributed by atoms with van der Waals surface area (Å²) in [6.07, 6.45) is -0.238. The molecule has 20 heavy (non-hydrogen) atoms. The van der Waals surface area contributed by atoms with Gasteiger partial charge in [-0.2, -0.15) is 0 Å². The van der Waals surface area contributed by atoms with Crippen molar-refractivity contribution in [3.05, 3.63) is 24.3 Å². The number of hydrogen-bond donors (Lipinski definition) is 2. The van der Waals surface area contributed by atoms with Crippen LogP contribution in [-0.4, -0.2) is 47.7 Å². The number of rotatable bonds is 6. The number of hydrogen-bond acceptors (Lipinski definition) is 5. The van der Waals surface area contributed by atoms with Crippen LogP contribution in [-0.2, 0) is 9.59 Å². The molecule has 2 N–H and O–H groups in total. The standard InChI is InChI=1S/C13H15NO5S/c15-12(7-20-8-13(16)17)14-5-9-6-18-10-3-1-2-4-11(10)19-9/h1-4,9H,5-8H2,(H,14,15)(H,16,17)/t9-/m0/s1. The van der Waals surface area contributed by atoms with E-state index in [2.05, 4.69) is 5.32 Å². The van der Waals surface area contributed by atoms with Crippen molar-refractivity contribution >= 4 is 23.6 Å². The molecule has 0 unspecified atom stereocenters. The summed E-state index contributed by atoms with van der Waals surface area (Å²) in [6, 6.07) is 7.36. The van der Waals surface area contributed by atoms with Gasteiger partial charge in [-0.1, -0.05) is 12.1 Å². The first-order valence-corrected chi connectivity index (χ1v) is 7.25. The van der Waals surface area contributed by atoms with Crippen LogP contribution in [0, 0.1) is 0 Å². The number of carboxylic acid groups (broad SMARTS) is 1. The molecule has 0 aliphatic carbocycles. The highest BCUT2D eigenvalue weighted by Gasteiger charge is 2.20. The van der Waals surface area contributed by atoms with Gasteiger partial charge < -0.3 is 19.9 Å². The molecule has 0 bridgehead atoms. The smallest absolute Gasteiger partial charge is 0.313 e. The van der Waals surface area contributed by atoms with E-state index in [0.717, 1.165) is 11.8 Å². The number of amides is 1. The molecule has 0 saturated heterocycles. The summed E-state index contributed by atoms with van der Waals surface area (Å²) in [5, 5.41) is 11.2. The van der Waals surface area contributed by atoms with Crippen molar-refractivity contribution in [2.45, 2.75) is 6.10 Å². The van der Waals surface area contributed by atoms with Gasteiger partial charge in [0.25, 0.3) is 0 Å². The number of para-hydroxylation sites is 2. The highest BCUT2D eigenvalue weighted by atomic mass is 32.2. The molecule has 1 aromatic carbocycles. The van der Waals surface area contributed by atoms with Crippen molar-refractivity contribution in [2.75, 3.05) is 24.7 Å². The maximum atomic E-state index is 11.5. The molecule has 0 radical (unpaired) electrons. The maximum Gasteiger partial charge on any atom is 0.313 e. The maximum absolute atomic E-state index is 11.5. The average Bonchev–Trinajstić information content (AvgIpc) is 2.44. The highest BCUT2D eigenvalue weighted by molar-refractivity contribution is 8.00. The molecule has 0 spiro atoms. The van der Waals surface area contributed by atoms with Crippen molar-refractivity contribution in [1.29, 1.82) is 0 Å². The Bertz CT molecular complexity index is 493. The predicted octanol–water partition coefficient (Wildman–Crippen LogP) is 0.760. The lowest BCUT2D eigenvalue weighted by Gasteiger charge is -2.26. The number of ether oxygens (including phenoxy) is 2. The highest BCUT2D eigenvalue weighted by Crippen LogP contribution is 2.30. The van der Waals surface area contributed by atoms with Gasteiger partial charge in [-0.3, -0.25) is 9.59 Å². The Labute approximate surface area is 120 Å². The third kappa shape index (κ3) is 4.34. The third-order valence-corrected chi connectivity index (χ3v) is 3.47. The van der Waals surface area contributed by atoms with Crippen molar-refractivity contribution in [3.8, 4) is 11.5 Å². The summed E-state index contributed by atoms with van der Waals surface area (Å²) < 4.78 is 11.2. The molecule has 2 rings (SSSR count). The molecule has 0 fully saturated rings. The van der Waals surface area contributed by atoms with E-state index in [1.54, 1.807) is 0 Å². The lowest BCUT2D eigenvalue weighted by molar-refractivity contribution is -0.133. The Morgan fingerprint density at radius 3 is 2.80 bits per heavy atom. The second kappa shape index (κ2) is 7.04. The molecular formula is C13H15NO5S. The first kappa shape index (κ1) is 14.5. The van der Waals surface area contributed by atoms with Crippen molar-refractivity contribution < 1.29 is 24.2 Å². The van der Waals surface area contributed by atoms with Gasteiger partial charge in [0.15, 0.2) is 11.5 Å². The van der Waals surface area contributed by atoms with Gasteiger partial charge in [0.2, 0.25) is 5.91 Å². The SMILES string of the molecule is O=C(O)CSCC(=O)NC[C@H]1COc2ccccc2O1. The van der Waals surface area contributed by atoms with Crippen LogP contribution < -0.4 is 14.8 Å². The van der Waals surface area contributed by atoms with Crippen molar-refractivity contribution in [3.63, 3.8) is 0 Å². The Kier molecular flexibility index (Phi) is 5.11. The first-order chi connectivity index (χ1) is 9.65. The Hall–Kier alpha value is -1.89. The quantitative estimate of drug-likeness (QED) is 0.806. The van der Waals surface area contributed by atoms with Crippen LogP contribution >= 0.6 is 11.8 Å². The van der Waals surface area contributed by atoms with Crippen LogP contribution in [0.2, 0.25) is 0 Å². The minimum Gasteiger partial charge on any atom is -0.486 e. The summed E-state index contributed by atoms with van der Waals surface area (Å²) in [5.74, 6) is 0.271. The second-order valence-electron chi connectivity index (χ2n) is 4.19. The molecule has 1 aromatic rings. The fourth-order valence-electron chi connectivity index (χ4n) is 1.67. The van der Waals surface area contributed by atoms with Crippen molar-refractivity contribution in [1.82, 2.24) is 5.32 Å². The molecular weight excluding hydrogens is 282 g/mol. The molecule has 108 valence electrons. The zero-order chi connectivity index (χ0) is 14.4. The van der Waals surface area contributed by atoms with Crippen LogP contribution in [0.4, 0.5) is 0 Å². The number of carbonyl (C=O) groups is 2. The van der Waals surface area contributed by atoms with Crippen molar-refractivity contribution in [2.24, 2.45) is 0 Å². The predicted molar refractivity (Wildman–Crippen MR) is 74.3 cm³/mol. The number of nitrogens with one attached hydrogen (secondary N) is 1. The number of aliphatic carboxylic acids is 1. The molecule has 6 nitrogen and oxygen atoms in total. The molecule has 1 heterocycles. The number of benzene rings is 1. The average molecular weight is 297 g/mol. The summed E-state index contributed by atoms with van der Waals surface area (Å²) in [4.78, 5) is 21.8. The van der Waals surface area contributed by atoms with E-state index in [1.807, 2.05) is 24.3 Å². The van der Waals surface area contributed by atoms with Gasteiger partial charge in [-0.25, -0.2) is 0 Å². The molecule has 1 aliphatic heterocycles. The normalized spacial score (nSPS) is 16.5. The van der Waals surface area contributed by atoms with Crippen LogP contribution in [0.1, 0.15) is 0 Å². The van der Waals surface area contributed by atoms with E-state index < -0.39 is 5.97 Å². The van der Waals surface area contributed by atoms with Crippen LogP contribution in [0.15, 0.2) is 24.3 Å². The lowest BCUT2D eigenvalue weighted by Crippen LogP contribution is -2.41. The fraction of sp³-hybridized carbons (Fsp3) is 0.385. The number of fused-ring (bicyclic) bond motifs is 1. The lowest BCUT2D eigenvalue weighted by atomic mass is 10.2. The summed E-state index contributed by atoms with van der Waals surface area (Å²) in [5.41, 5.74) is 0. The number of carbonyl (C=O) groups excluding carboxylic acids is 1.